The standard InChI is InChI=1S/C15H13N3O3/c1-20-11-6-2-3-7-12(11)21-9-13-17-14-10(15(19)18-13)5-4-8-16-14/h2-8H,9H2,1H3,(H,16,17,18,19). The zero-order valence-electron chi connectivity index (χ0n) is 11.4. The van der Waals surface area contributed by atoms with Gasteiger partial charge in [0.25, 0.3) is 5.56 Å². The topological polar surface area (TPSA) is 77.1 Å². The molecule has 0 spiro atoms. The van der Waals surface area contributed by atoms with Gasteiger partial charge in [-0.25, -0.2) is 9.97 Å². The molecule has 0 atom stereocenters. The molecule has 3 rings (SSSR count). The van der Waals surface area contributed by atoms with E-state index in [2.05, 4.69) is 15.0 Å². The van der Waals surface area contributed by atoms with Gasteiger partial charge in [0.1, 0.15) is 12.4 Å². The van der Waals surface area contributed by atoms with Crippen LogP contribution in [0.1, 0.15) is 5.82 Å². The van der Waals surface area contributed by atoms with Gasteiger partial charge in [0, 0.05) is 6.20 Å². The molecule has 0 radical (unpaired) electrons. The average Bonchev–Trinajstić information content (AvgIpc) is 2.53. The molecule has 0 saturated heterocycles. The van der Waals surface area contributed by atoms with Gasteiger partial charge in [-0.3, -0.25) is 4.79 Å². The lowest BCUT2D eigenvalue weighted by molar-refractivity contribution is 0.276. The Hall–Kier alpha value is -2.89. The van der Waals surface area contributed by atoms with Gasteiger partial charge in [0.05, 0.1) is 12.5 Å². The van der Waals surface area contributed by atoms with Gasteiger partial charge in [-0.15, -0.1) is 0 Å². The van der Waals surface area contributed by atoms with Crippen LogP contribution in [-0.2, 0) is 6.61 Å². The summed E-state index contributed by atoms with van der Waals surface area (Å²) in [6, 6.07) is 10.7. The molecular weight excluding hydrogens is 270 g/mol. The highest BCUT2D eigenvalue weighted by Crippen LogP contribution is 2.26. The highest BCUT2D eigenvalue weighted by molar-refractivity contribution is 5.72. The molecule has 0 amide bonds. The predicted molar refractivity (Wildman–Crippen MR) is 77.5 cm³/mol. The fraction of sp³-hybridized carbons (Fsp3) is 0.133. The number of nitrogens with one attached hydrogen (secondary N) is 1. The molecule has 6 nitrogen and oxygen atoms in total. The third kappa shape index (κ3) is 2.69. The SMILES string of the molecule is COc1ccccc1OCc1nc2ncccc2c(=O)[nH]1. The van der Waals surface area contributed by atoms with E-state index in [1.165, 1.54) is 0 Å². The molecule has 1 aromatic carbocycles. The van der Waals surface area contributed by atoms with Crippen molar-refractivity contribution < 1.29 is 9.47 Å². The smallest absolute Gasteiger partial charge is 0.260 e. The minimum absolute atomic E-state index is 0.127. The van der Waals surface area contributed by atoms with Crippen LogP contribution < -0.4 is 15.0 Å². The van der Waals surface area contributed by atoms with Crippen molar-refractivity contribution in [1.82, 2.24) is 15.0 Å². The fourth-order valence-electron chi connectivity index (χ4n) is 1.97. The molecule has 0 unspecified atom stereocenters. The van der Waals surface area contributed by atoms with E-state index in [1.54, 1.807) is 37.6 Å². The monoisotopic (exact) mass is 283 g/mol. The highest BCUT2D eigenvalue weighted by atomic mass is 16.5. The normalized spacial score (nSPS) is 10.5. The summed E-state index contributed by atoms with van der Waals surface area (Å²) in [5, 5.41) is 0.457. The van der Waals surface area contributed by atoms with Crippen molar-refractivity contribution in [3.05, 3.63) is 58.8 Å². The molecule has 3 aromatic rings. The van der Waals surface area contributed by atoms with Crippen molar-refractivity contribution in [3.63, 3.8) is 0 Å². The maximum Gasteiger partial charge on any atom is 0.260 e. The van der Waals surface area contributed by atoms with Crippen LogP contribution >= 0.6 is 0 Å². The maximum absolute atomic E-state index is 11.9. The Kier molecular flexibility index (Phi) is 3.51. The number of ether oxygens (including phenoxy) is 2. The number of H-pyrrole nitrogens is 1. The van der Waals surface area contributed by atoms with E-state index < -0.39 is 0 Å². The first-order valence-electron chi connectivity index (χ1n) is 6.37. The molecule has 2 heterocycles. The molecule has 0 saturated carbocycles. The number of aromatic amines is 1. The van der Waals surface area contributed by atoms with E-state index in [1.807, 2.05) is 12.1 Å². The number of nitrogens with zero attached hydrogens (tertiary/aromatic N) is 2. The van der Waals surface area contributed by atoms with E-state index in [9.17, 15) is 4.79 Å². The van der Waals surface area contributed by atoms with Gasteiger partial charge in [0.15, 0.2) is 17.1 Å². The number of aromatic nitrogens is 3. The molecule has 21 heavy (non-hydrogen) atoms. The van der Waals surface area contributed by atoms with Gasteiger partial charge in [-0.05, 0) is 24.3 Å². The Morgan fingerprint density at radius 3 is 2.76 bits per heavy atom. The van der Waals surface area contributed by atoms with E-state index >= 15 is 0 Å². The largest absolute Gasteiger partial charge is 0.493 e. The summed E-state index contributed by atoms with van der Waals surface area (Å²) in [6.07, 6.45) is 1.60. The summed E-state index contributed by atoms with van der Waals surface area (Å²) in [7, 11) is 1.57. The Labute approximate surface area is 120 Å². The number of methoxy groups -OCH3 is 1. The zero-order chi connectivity index (χ0) is 14.7. The highest BCUT2D eigenvalue weighted by Gasteiger charge is 2.07. The summed E-state index contributed by atoms with van der Waals surface area (Å²) in [5.41, 5.74) is 0.173. The van der Waals surface area contributed by atoms with Crippen LogP contribution in [0.15, 0.2) is 47.4 Å². The Balaban J connectivity index is 1.87. The number of fused-ring (bicyclic) bond motifs is 1. The van der Waals surface area contributed by atoms with Gasteiger partial charge >= 0.3 is 0 Å². The summed E-state index contributed by atoms with van der Waals surface area (Å²) in [5.74, 6) is 1.62. The minimum Gasteiger partial charge on any atom is -0.493 e. The molecule has 2 aromatic heterocycles. The van der Waals surface area contributed by atoms with Crippen molar-refractivity contribution >= 4 is 11.0 Å². The van der Waals surface area contributed by atoms with Crippen LogP contribution in [0.4, 0.5) is 0 Å². The lowest BCUT2D eigenvalue weighted by Crippen LogP contribution is -2.14. The zero-order valence-corrected chi connectivity index (χ0v) is 11.4. The summed E-state index contributed by atoms with van der Waals surface area (Å²) >= 11 is 0. The number of hydrogen-bond acceptors (Lipinski definition) is 5. The van der Waals surface area contributed by atoms with Crippen LogP contribution in [0.5, 0.6) is 11.5 Å². The third-order valence-electron chi connectivity index (χ3n) is 2.96. The average molecular weight is 283 g/mol. The number of para-hydroxylation sites is 2. The quantitative estimate of drug-likeness (QED) is 0.791. The molecular formula is C15H13N3O3. The minimum atomic E-state index is -0.230. The summed E-state index contributed by atoms with van der Waals surface area (Å²) in [6.45, 7) is 0.127. The van der Waals surface area contributed by atoms with Crippen LogP contribution in [0.2, 0.25) is 0 Å². The van der Waals surface area contributed by atoms with Crippen LogP contribution in [0.3, 0.4) is 0 Å². The Morgan fingerprint density at radius 2 is 1.95 bits per heavy atom. The molecule has 0 aliphatic carbocycles. The van der Waals surface area contributed by atoms with Gasteiger partial charge in [0.2, 0.25) is 0 Å². The second kappa shape index (κ2) is 5.62. The van der Waals surface area contributed by atoms with Crippen molar-refractivity contribution in [3.8, 4) is 11.5 Å². The Morgan fingerprint density at radius 1 is 1.14 bits per heavy atom. The lowest BCUT2D eigenvalue weighted by Gasteiger charge is -2.09. The van der Waals surface area contributed by atoms with E-state index in [0.29, 0.717) is 28.4 Å². The lowest BCUT2D eigenvalue weighted by atomic mass is 10.3. The number of hydrogen-bond donors (Lipinski definition) is 1. The van der Waals surface area contributed by atoms with Crippen LogP contribution in [0, 0.1) is 0 Å². The molecule has 1 N–H and O–H groups in total. The third-order valence-corrected chi connectivity index (χ3v) is 2.96. The molecule has 6 heteroatoms. The van der Waals surface area contributed by atoms with Crippen molar-refractivity contribution in [1.29, 1.82) is 0 Å². The summed E-state index contributed by atoms with van der Waals surface area (Å²) in [4.78, 5) is 23.0. The first kappa shape index (κ1) is 13.1. The van der Waals surface area contributed by atoms with Crippen molar-refractivity contribution in [2.24, 2.45) is 0 Å². The number of pyridine rings is 1. The Bertz CT molecular complexity index is 830. The first-order valence-corrected chi connectivity index (χ1v) is 6.37. The van der Waals surface area contributed by atoms with E-state index in [0.717, 1.165) is 0 Å². The van der Waals surface area contributed by atoms with Crippen LogP contribution in [-0.4, -0.2) is 22.1 Å². The van der Waals surface area contributed by atoms with Crippen molar-refractivity contribution in [2.45, 2.75) is 6.61 Å². The fourth-order valence-corrected chi connectivity index (χ4v) is 1.97. The first-order chi connectivity index (χ1) is 10.3. The van der Waals surface area contributed by atoms with Gasteiger partial charge < -0.3 is 14.5 Å². The predicted octanol–water partition coefficient (Wildman–Crippen LogP) is 1.91. The number of benzene rings is 1. The second-order valence-electron chi connectivity index (χ2n) is 4.33. The molecule has 0 fully saturated rings. The van der Waals surface area contributed by atoms with E-state index in [-0.39, 0.29) is 12.2 Å². The molecule has 0 bridgehead atoms. The van der Waals surface area contributed by atoms with Crippen molar-refractivity contribution in [2.75, 3.05) is 7.11 Å². The van der Waals surface area contributed by atoms with E-state index in [4.69, 9.17) is 9.47 Å². The molecule has 106 valence electrons. The van der Waals surface area contributed by atoms with Gasteiger partial charge in [-0.2, -0.15) is 0 Å². The molecule has 0 aliphatic rings. The molecule has 0 aliphatic heterocycles. The second-order valence-corrected chi connectivity index (χ2v) is 4.33. The van der Waals surface area contributed by atoms with Gasteiger partial charge in [-0.1, -0.05) is 12.1 Å². The maximum atomic E-state index is 11.9. The number of rotatable bonds is 4. The summed E-state index contributed by atoms with van der Waals surface area (Å²) < 4.78 is 10.8. The van der Waals surface area contributed by atoms with Crippen LogP contribution in [0.25, 0.3) is 11.0 Å².